The maximum absolute atomic E-state index is 11.5. The highest BCUT2D eigenvalue weighted by atomic mass is 32.2. The van der Waals surface area contributed by atoms with E-state index >= 15 is 0 Å². The highest BCUT2D eigenvalue weighted by molar-refractivity contribution is 7.91. The summed E-state index contributed by atoms with van der Waals surface area (Å²) in [5, 5.41) is 0. The van der Waals surface area contributed by atoms with Crippen LogP contribution in [0.5, 0.6) is 6.01 Å². The first-order chi connectivity index (χ1) is 8.95. The molecule has 0 aromatic carbocycles. The molecule has 1 aliphatic rings. The van der Waals surface area contributed by atoms with Crippen molar-refractivity contribution >= 4 is 21.7 Å². The van der Waals surface area contributed by atoms with Crippen LogP contribution in [0.4, 0.5) is 11.9 Å². The number of methoxy groups -OCH3 is 1. The summed E-state index contributed by atoms with van der Waals surface area (Å²) in [7, 11) is 0.202. The lowest BCUT2D eigenvalue weighted by atomic mass is 10.2. The van der Waals surface area contributed by atoms with Crippen molar-refractivity contribution in [1.29, 1.82) is 0 Å². The van der Waals surface area contributed by atoms with Crippen LogP contribution in [0.15, 0.2) is 0 Å². The Balaban J connectivity index is 2.26. The van der Waals surface area contributed by atoms with Crippen molar-refractivity contribution < 1.29 is 13.2 Å². The predicted molar refractivity (Wildman–Crippen MR) is 69.7 cm³/mol. The monoisotopic (exact) mass is 288 g/mol. The fourth-order valence-electron chi connectivity index (χ4n) is 1.90. The fraction of sp³-hybridized carbons (Fsp3) is 0.667. The van der Waals surface area contributed by atoms with Crippen LogP contribution in [0.3, 0.4) is 0 Å². The van der Waals surface area contributed by atoms with Gasteiger partial charge in [-0.1, -0.05) is 0 Å². The number of sulfone groups is 1. The van der Waals surface area contributed by atoms with E-state index < -0.39 is 9.84 Å². The topological polar surface area (TPSA) is 123 Å². The van der Waals surface area contributed by atoms with Gasteiger partial charge >= 0.3 is 6.01 Å². The average molecular weight is 288 g/mol. The van der Waals surface area contributed by atoms with Gasteiger partial charge in [0.25, 0.3) is 0 Å². The van der Waals surface area contributed by atoms with Crippen LogP contribution in [0.1, 0.15) is 6.42 Å². The Labute approximate surface area is 111 Å². The molecule has 2 rings (SSSR count). The lowest BCUT2D eigenvalue weighted by Gasteiger charge is -2.23. The van der Waals surface area contributed by atoms with Gasteiger partial charge in [-0.15, -0.1) is 0 Å². The zero-order valence-corrected chi connectivity index (χ0v) is 11.5. The van der Waals surface area contributed by atoms with Crippen LogP contribution >= 0.6 is 0 Å². The molecule has 1 saturated heterocycles. The normalized spacial score (nSPS) is 21.1. The van der Waals surface area contributed by atoms with Crippen LogP contribution in [-0.4, -0.2) is 55.1 Å². The Kier molecular flexibility index (Phi) is 3.71. The number of hydrazine groups is 1. The van der Waals surface area contributed by atoms with Gasteiger partial charge in [-0.3, -0.25) is 5.43 Å². The fourth-order valence-corrected chi connectivity index (χ4v) is 3.68. The number of ether oxygens (including phenoxy) is 1. The van der Waals surface area contributed by atoms with E-state index in [-0.39, 0.29) is 29.5 Å². The zero-order valence-electron chi connectivity index (χ0n) is 10.7. The minimum Gasteiger partial charge on any atom is -0.467 e. The number of nitrogens with two attached hydrogens (primary N) is 1. The molecule has 0 spiro atoms. The Bertz CT molecular complexity index is 541. The van der Waals surface area contributed by atoms with Gasteiger partial charge in [-0.05, 0) is 6.42 Å². The number of hydrogen-bond donors (Lipinski definition) is 2. The van der Waals surface area contributed by atoms with E-state index in [2.05, 4.69) is 20.4 Å². The lowest BCUT2D eigenvalue weighted by Crippen LogP contribution is -2.34. The number of aromatic nitrogens is 3. The Morgan fingerprint density at radius 3 is 2.68 bits per heavy atom. The number of nitrogens with one attached hydrogen (secondary N) is 1. The van der Waals surface area contributed by atoms with Gasteiger partial charge in [0.2, 0.25) is 11.9 Å². The maximum Gasteiger partial charge on any atom is 0.322 e. The molecule has 0 aliphatic carbocycles. The molecule has 0 amide bonds. The molecule has 1 unspecified atom stereocenters. The molecule has 0 saturated carbocycles. The van der Waals surface area contributed by atoms with Gasteiger partial charge in [0, 0.05) is 13.1 Å². The molecule has 1 aromatic heterocycles. The predicted octanol–water partition coefficient (Wildman–Crippen LogP) is -1.21. The van der Waals surface area contributed by atoms with Crippen molar-refractivity contribution in [3.05, 3.63) is 0 Å². The molecule has 19 heavy (non-hydrogen) atoms. The van der Waals surface area contributed by atoms with E-state index in [1.54, 1.807) is 11.9 Å². The molecular formula is C9H16N6O3S. The van der Waals surface area contributed by atoms with E-state index in [1.165, 1.54) is 7.11 Å². The molecule has 0 radical (unpaired) electrons. The van der Waals surface area contributed by atoms with Crippen LogP contribution < -0.4 is 20.9 Å². The van der Waals surface area contributed by atoms with E-state index in [0.29, 0.717) is 12.4 Å². The van der Waals surface area contributed by atoms with E-state index in [1.807, 2.05) is 0 Å². The van der Waals surface area contributed by atoms with Gasteiger partial charge in [-0.2, -0.15) is 15.0 Å². The Morgan fingerprint density at radius 2 is 2.16 bits per heavy atom. The minimum atomic E-state index is -2.96. The molecule has 3 N–H and O–H groups in total. The van der Waals surface area contributed by atoms with Crippen LogP contribution in [0.25, 0.3) is 0 Å². The Morgan fingerprint density at radius 1 is 1.42 bits per heavy atom. The maximum atomic E-state index is 11.5. The van der Waals surface area contributed by atoms with Crippen LogP contribution in [0.2, 0.25) is 0 Å². The van der Waals surface area contributed by atoms with E-state index in [9.17, 15) is 8.42 Å². The first-order valence-electron chi connectivity index (χ1n) is 5.65. The number of nitrogens with zero attached hydrogens (tertiary/aromatic N) is 4. The first kappa shape index (κ1) is 13.7. The molecule has 1 atom stereocenters. The SMILES string of the molecule is COc1nc(NN)nc(N(C)C2CCS(=O)(=O)C2)n1. The van der Waals surface area contributed by atoms with Crippen molar-refractivity contribution in [2.75, 3.05) is 36.0 Å². The summed E-state index contributed by atoms with van der Waals surface area (Å²) in [4.78, 5) is 13.8. The summed E-state index contributed by atoms with van der Waals surface area (Å²) in [6.07, 6.45) is 0.554. The molecule has 106 valence electrons. The molecule has 2 heterocycles. The number of rotatable bonds is 4. The van der Waals surface area contributed by atoms with Gasteiger partial charge in [0.05, 0.1) is 18.6 Å². The Hall–Kier alpha value is -1.68. The van der Waals surface area contributed by atoms with Crippen molar-refractivity contribution in [2.45, 2.75) is 12.5 Å². The number of hydrogen-bond acceptors (Lipinski definition) is 9. The molecular weight excluding hydrogens is 272 g/mol. The third kappa shape index (κ3) is 3.01. The highest BCUT2D eigenvalue weighted by Crippen LogP contribution is 2.21. The van der Waals surface area contributed by atoms with E-state index in [0.717, 1.165) is 0 Å². The van der Waals surface area contributed by atoms with Crippen LogP contribution in [0, 0.1) is 0 Å². The summed E-state index contributed by atoms with van der Waals surface area (Å²) in [5.74, 6) is 6.04. The smallest absolute Gasteiger partial charge is 0.322 e. The summed E-state index contributed by atoms with van der Waals surface area (Å²) in [6.45, 7) is 0. The largest absolute Gasteiger partial charge is 0.467 e. The summed E-state index contributed by atoms with van der Waals surface area (Å²) in [6, 6.07) is -0.0339. The molecule has 1 aromatic rings. The second-order valence-corrected chi connectivity index (χ2v) is 6.49. The summed E-state index contributed by atoms with van der Waals surface area (Å²) >= 11 is 0. The molecule has 1 fully saturated rings. The van der Waals surface area contributed by atoms with Gasteiger partial charge < -0.3 is 9.64 Å². The second kappa shape index (κ2) is 5.13. The van der Waals surface area contributed by atoms with Crippen molar-refractivity contribution in [3.8, 4) is 6.01 Å². The second-order valence-electron chi connectivity index (χ2n) is 4.26. The summed E-state index contributed by atoms with van der Waals surface area (Å²) < 4.78 is 27.9. The number of anilines is 2. The first-order valence-corrected chi connectivity index (χ1v) is 7.47. The zero-order chi connectivity index (χ0) is 14.0. The highest BCUT2D eigenvalue weighted by Gasteiger charge is 2.32. The van der Waals surface area contributed by atoms with Crippen molar-refractivity contribution in [1.82, 2.24) is 15.0 Å². The lowest BCUT2D eigenvalue weighted by molar-refractivity contribution is 0.378. The van der Waals surface area contributed by atoms with Gasteiger partial charge in [-0.25, -0.2) is 14.3 Å². The minimum absolute atomic E-state index is 0.100. The van der Waals surface area contributed by atoms with Crippen molar-refractivity contribution in [2.24, 2.45) is 5.84 Å². The summed E-state index contributed by atoms with van der Waals surface area (Å²) in [5.41, 5.74) is 2.32. The van der Waals surface area contributed by atoms with Gasteiger partial charge in [0.15, 0.2) is 9.84 Å². The van der Waals surface area contributed by atoms with Crippen molar-refractivity contribution in [3.63, 3.8) is 0 Å². The third-order valence-corrected chi connectivity index (χ3v) is 4.74. The standard InChI is InChI=1S/C9H16N6O3S/c1-15(6-3-4-19(16,17)5-6)8-11-7(14-10)12-9(13-8)18-2/h6H,3-5,10H2,1-2H3,(H,11,12,13,14). The third-order valence-electron chi connectivity index (χ3n) is 2.99. The molecule has 9 nitrogen and oxygen atoms in total. The average Bonchev–Trinajstić information content (AvgIpc) is 2.77. The molecule has 10 heteroatoms. The number of nitrogen functional groups attached to an aromatic ring is 1. The molecule has 1 aliphatic heterocycles. The van der Waals surface area contributed by atoms with E-state index in [4.69, 9.17) is 10.6 Å². The quantitative estimate of drug-likeness (QED) is 0.518. The molecule has 0 bridgehead atoms. The van der Waals surface area contributed by atoms with Crippen LogP contribution in [-0.2, 0) is 9.84 Å². The van der Waals surface area contributed by atoms with Gasteiger partial charge in [0.1, 0.15) is 0 Å².